The van der Waals surface area contributed by atoms with Gasteiger partial charge in [0, 0.05) is 12.3 Å². The number of anilines is 1. The zero-order valence-electron chi connectivity index (χ0n) is 14.6. The van der Waals surface area contributed by atoms with Gasteiger partial charge in [-0.2, -0.15) is 5.10 Å². The van der Waals surface area contributed by atoms with Crippen molar-refractivity contribution in [2.45, 2.75) is 13.3 Å². The molecule has 0 heterocycles. The number of aliphatic hydroxyl groups is 1. The fourth-order valence-corrected chi connectivity index (χ4v) is 1.81. The summed E-state index contributed by atoms with van der Waals surface area (Å²) in [6, 6.07) is 3.95. The summed E-state index contributed by atoms with van der Waals surface area (Å²) in [6.45, 7) is 1.02. The van der Waals surface area contributed by atoms with E-state index in [0.29, 0.717) is 0 Å². The third-order valence-corrected chi connectivity index (χ3v) is 3.04. The highest BCUT2D eigenvalue weighted by Gasteiger charge is 2.18. The molecule has 12 heteroatoms. The highest BCUT2D eigenvalue weighted by Crippen LogP contribution is 2.28. The molecule has 0 fully saturated rings. The predicted octanol–water partition coefficient (Wildman–Crippen LogP) is -0.467. The summed E-state index contributed by atoms with van der Waals surface area (Å²) < 4.78 is 4.90. The molecular formula is C15H19N5O7. The molecule has 12 nitrogen and oxygen atoms in total. The Kier molecular flexibility index (Phi) is 8.32. The average molecular weight is 381 g/mol. The SMILES string of the molecule is COc1ccc(NC(=O)CC(C)=NNC(=O)C(=O)NCCO)c([N+](=O)[O-])c1. The lowest BCUT2D eigenvalue weighted by Crippen LogP contribution is -2.39. The summed E-state index contributed by atoms with van der Waals surface area (Å²) in [6.07, 6.45) is -0.276. The number of benzene rings is 1. The summed E-state index contributed by atoms with van der Waals surface area (Å²) in [5, 5.41) is 27.7. The van der Waals surface area contributed by atoms with Crippen LogP contribution in [0.4, 0.5) is 11.4 Å². The van der Waals surface area contributed by atoms with Gasteiger partial charge in [0.2, 0.25) is 5.91 Å². The molecular weight excluding hydrogens is 362 g/mol. The monoisotopic (exact) mass is 381 g/mol. The lowest BCUT2D eigenvalue weighted by molar-refractivity contribution is -0.384. The quantitative estimate of drug-likeness (QED) is 0.204. The summed E-state index contributed by atoms with van der Waals surface area (Å²) in [5.74, 6) is -2.39. The Morgan fingerprint density at radius 3 is 2.59 bits per heavy atom. The lowest BCUT2D eigenvalue weighted by atomic mass is 10.2. The number of nitrogens with one attached hydrogen (secondary N) is 3. The first kappa shape index (κ1) is 21.5. The predicted molar refractivity (Wildman–Crippen MR) is 94.2 cm³/mol. The Hall–Kier alpha value is -3.54. The number of nitro benzene ring substituents is 1. The molecule has 0 atom stereocenters. The molecule has 0 spiro atoms. The van der Waals surface area contributed by atoms with Gasteiger partial charge in [-0.25, -0.2) is 5.43 Å². The number of ether oxygens (including phenoxy) is 1. The van der Waals surface area contributed by atoms with Crippen molar-refractivity contribution < 1.29 is 29.2 Å². The van der Waals surface area contributed by atoms with Crippen LogP contribution < -0.4 is 20.8 Å². The van der Waals surface area contributed by atoms with E-state index in [1.807, 2.05) is 5.43 Å². The Balaban J connectivity index is 2.67. The third-order valence-electron chi connectivity index (χ3n) is 3.04. The van der Waals surface area contributed by atoms with Crippen molar-refractivity contribution in [2.75, 3.05) is 25.6 Å². The molecule has 0 saturated heterocycles. The first-order chi connectivity index (χ1) is 12.8. The van der Waals surface area contributed by atoms with Crippen LogP contribution in [0, 0.1) is 10.1 Å². The minimum atomic E-state index is -1.06. The van der Waals surface area contributed by atoms with Crippen molar-refractivity contribution in [2.24, 2.45) is 5.10 Å². The Morgan fingerprint density at radius 2 is 2.00 bits per heavy atom. The van der Waals surface area contributed by atoms with Crippen molar-refractivity contribution in [3.8, 4) is 5.75 Å². The minimum absolute atomic E-state index is 0.0222. The van der Waals surface area contributed by atoms with Crippen LogP contribution >= 0.6 is 0 Å². The van der Waals surface area contributed by atoms with Crippen LogP contribution in [0.1, 0.15) is 13.3 Å². The zero-order chi connectivity index (χ0) is 20.4. The van der Waals surface area contributed by atoms with E-state index in [1.165, 1.54) is 32.2 Å². The van der Waals surface area contributed by atoms with Gasteiger partial charge in [-0.05, 0) is 19.1 Å². The fourth-order valence-electron chi connectivity index (χ4n) is 1.81. The Labute approximate surface area is 153 Å². The van der Waals surface area contributed by atoms with E-state index in [1.54, 1.807) is 0 Å². The molecule has 0 saturated carbocycles. The number of amides is 3. The van der Waals surface area contributed by atoms with Crippen LogP contribution in [0.25, 0.3) is 0 Å². The topological polar surface area (TPSA) is 172 Å². The van der Waals surface area contributed by atoms with Gasteiger partial charge >= 0.3 is 11.8 Å². The van der Waals surface area contributed by atoms with Crippen molar-refractivity contribution in [3.63, 3.8) is 0 Å². The number of carbonyl (C=O) groups is 3. The number of nitrogens with zero attached hydrogens (tertiary/aromatic N) is 2. The second-order valence-corrected chi connectivity index (χ2v) is 5.13. The van der Waals surface area contributed by atoms with E-state index < -0.39 is 22.6 Å². The molecule has 1 rings (SSSR count). The molecule has 0 radical (unpaired) electrons. The number of carbonyl (C=O) groups excluding carboxylic acids is 3. The van der Waals surface area contributed by atoms with Crippen molar-refractivity contribution in [3.05, 3.63) is 28.3 Å². The molecule has 3 amide bonds. The van der Waals surface area contributed by atoms with E-state index in [2.05, 4.69) is 15.7 Å². The van der Waals surface area contributed by atoms with Crippen LogP contribution in [-0.4, -0.2) is 53.7 Å². The van der Waals surface area contributed by atoms with Gasteiger partial charge in [0.1, 0.15) is 11.4 Å². The second kappa shape index (κ2) is 10.5. The van der Waals surface area contributed by atoms with E-state index in [0.717, 1.165) is 0 Å². The molecule has 146 valence electrons. The summed E-state index contributed by atoms with van der Waals surface area (Å²) in [7, 11) is 1.36. The number of rotatable bonds is 8. The van der Waals surface area contributed by atoms with Crippen molar-refractivity contribution in [1.82, 2.24) is 10.7 Å². The number of aliphatic hydroxyl groups excluding tert-OH is 1. The van der Waals surface area contributed by atoms with Crippen LogP contribution in [0.3, 0.4) is 0 Å². The molecule has 0 unspecified atom stereocenters. The first-order valence-corrected chi connectivity index (χ1v) is 7.63. The van der Waals surface area contributed by atoms with Gasteiger partial charge in [0.15, 0.2) is 0 Å². The van der Waals surface area contributed by atoms with Crippen LogP contribution in [0.2, 0.25) is 0 Å². The highest BCUT2D eigenvalue weighted by atomic mass is 16.6. The van der Waals surface area contributed by atoms with Crippen molar-refractivity contribution in [1.29, 1.82) is 0 Å². The molecule has 0 aromatic heterocycles. The summed E-state index contributed by atoms with van der Waals surface area (Å²) in [4.78, 5) is 45.1. The molecule has 27 heavy (non-hydrogen) atoms. The van der Waals surface area contributed by atoms with Crippen LogP contribution in [-0.2, 0) is 14.4 Å². The van der Waals surface area contributed by atoms with E-state index >= 15 is 0 Å². The zero-order valence-corrected chi connectivity index (χ0v) is 14.6. The molecule has 0 aliphatic rings. The van der Waals surface area contributed by atoms with Crippen LogP contribution in [0.15, 0.2) is 23.3 Å². The van der Waals surface area contributed by atoms with Gasteiger partial charge in [0.25, 0.3) is 5.69 Å². The fraction of sp³-hybridized carbons (Fsp3) is 0.333. The Morgan fingerprint density at radius 1 is 1.30 bits per heavy atom. The summed E-state index contributed by atoms with van der Waals surface area (Å²) >= 11 is 0. The molecule has 4 N–H and O–H groups in total. The smallest absolute Gasteiger partial charge is 0.329 e. The van der Waals surface area contributed by atoms with Crippen molar-refractivity contribution >= 4 is 34.8 Å². The number of hydrogen-bond acceptors (Lipinski definition) is 8. The first-order valence-electron chi connectivity index (χ1n) is 7.63. The summed E-state index contributed by atoms with van der Waals surface area (Å²) in [5.41, 5.74) is 1.75. The lowest BCUT2D eigenvalue weighted by Gasteiger charge is -2.07. The maximum atomic E-state index is 12.0. The number of hydrazone groups is 1. The molecule has 0 aliphatic heterocycles. The van der Waals surface area contributed by atoms with E-state index in [-0.39, 0.29) is 42.4 Å². The number of hydrogen-bond donors (Lipinski definition) is 4. The largest absolute Gasteiger partial charge is 0.496 e. The minimum Gasteiger partial charge on any atom is -0.496 e. The van der Waals surface area contributed by atoms with Gasteiger partial charge in [-0.1, -0.05) is 0 Å². The van der Waals surface area contributed by atoms with Gasteiger partial charge in [-0.15, -0.1) is 0 Å². The van der Waals surface area contributed by atoms with Crippen LogP contribution in [0.5, 0.6) is 5.75 Å². The average Bonchev–Trinajstić information content (AvgIpc) is 2.63. The molecule has 1 aromatic rings. The van der Waals surface area contributed by atoms with E-state index in [4.69, 9.17) is 9.84 Å². The maximum Gasteiger partial charge on any atom is 0.329 e. The standard InChI is InChI=1S/C15H19N5O7/c1-9(18-19-15(24)14(23)16-5-6-21)7-13(22)17-11-4-3-10(27-2)8-12(11)20(25)26/h3-4,8,21H,5-7H2,1-2H3,(H,16,23)(H,17,22)(H,19,24). The normalized spacial score (nSPS) is 10.7. The number of methoxy groups -OCH3 is 1. The molecule has 1 aromatic carbocycles. The van der Waals surface area contributed by atoms with Gasteiger partial charge < -0.3 is 20.5 Å². The maximum absolute atomic E-state index is 12.0. The van der Waals surface area contributed by atoms with Gasteiger partial charge in [0.05, 0.1) is 31.1 Å². The second-order valence-electron chi connectivity index (χ2n) is 5.13. The van der Waals surface area contributed by atoms with E-state index in [9.17, 15) is 24.5 Å². The van der Waals surface area contributed by atoms with Gasteiger partial charge in [-0.3, -0.25) is 24.5 Å². The third kappa shape index (κ3) is 7.07. The molecule has 0 bridgehead atoms. The molecule has 0 aliphatic carbocycles. The Bertz CT molecular complexity index is 763. The number of nitro groups is 1. The highest BCUT2D eigenvalue weighted by molar-refractivity contribution is 6.35.